The van der Waals surface area contributed by atoms with Gasteiger partial charge < -0.3 is 25.4 Å². The molecule has 3 aromatic heterocycles. The molecule has 8 rings (SSSR count). The summed E-state index contributed by atoms with van der Waals surface area (Å²) in [4.78, 5) is 70.3. The van der Waals surface area contributed by atoms with Crippen molar-refractivity contribution < 1.29 is 29.0 Å². The van der Waals surface area contributed by atoms with Crippen LogP contribution in [0.5, 0.6) is 0 Å². The number of pyridine rings is 2. The number of carbonyl (C=O) groups excluding carboxylic acids is 3. The molecule has 3 heterocycles. The number of benzene rings is 4. The molecule has 0 atom stereocenters. The Hall–Kier alpha value is -7.02. The van der Waals surface area contributed by atoms with Crippen LogP contribution in [0.1, 0.15) is 53.1 Å². The van der Waals surface area contributed by atoms with Gasteiger partial charge in [-0.15, -0.1) is 0 Å². The van der Waals surface area contributed by atoms with Crippen LogP contribution >= 0.6 is 0 Å². The zero-order chi connectivity index (χ0) is 39.3. The standard InChI is InChI=1S/C44H39N7O6/c52-37(51(25-38(53)54)23-22-48-44(56)57-26-34-30-12-5-3-10-28(30)29-11-4-6-13-31(29)34)16-2-1-7-19-47-43(55)27-17-18-35-36(24-27)50-42-33-15-9-21-46-40(33)39-32(41(42)49-35)14-8-20-45-39/h3-6,8-15,17-18,20-21,24,34H,1-2,7,16,19,22-23,25-26H2,(H,47,55)(H,48,56)(H,53,54). The van der Waals surface area contributed by atoms with Crippen molar-refractivity contribution in [2.24, 2.45) is 0 Å². The molecule has 57 heavy (non-hydrogen) atoms. The third kappa shape index (κ3) is 7.77. The van der Waals surface area contributed by atoms with Crippen LogP contribution in [-0.4, -0.2) is 86.6 Å². The van der Waals surface area contributed by atoms with Crippen LogP contribution in [0.3, 0.4) is 0 Å². The first-order valence-electron chi connectivity index (χ1n) is 19.0. The van der Waals surface area contributed by atoms with E-state index in [2.05, 4.69) is 32.7 Å². The second kappa shape index (κ2) is 16.4. The number of fused-ring (bicyclic) bond motifs is 10. The van der Waals surface area contributed by atoms with Crippen molar-refractivity contribution in [2.45, 2.75) is 31.6 Å². The average molecular weight is 762 g/mol. The fourth-order valence-electron chi connectivity index (χ4n) is 7.58. The fourth-order valence-corrected chi connectivity index (χ4v) is 7.58. The van der Waals surface area contributed by atoms with Gasteiger partial charge in [0, 0.05) is 60.7 Å². The molecule has 0 saturated heterocycles. The third-order valence-electron chi connectivity index (χ3n) is 10.3. The maximum atomic E-state index is 13.1. The van der Waals surface area contributed by atoms with E-state index < -0.39 is 18.6 Å². The number of hydrogen-bond acceptors (Lipinski definition) is 9. The van der Waals surface area contributed by atoms with E-state index in [1.54, 1.807) is 30.6 Å². The van der Waals surface area contributed by atoms with E-state index in [0.29, 0.717) is 47.9 Å². The van der Waals surface area contributed by atoms with Gasteiger partial charge in [-0.05, 0) is 77.6 Å². The predicted molar refractivity (Wildman–Crippen MR) is 216 cm³/mol. The Labute approximate surface area is 327 Å². The molecule has 0 bridgehead atoms. The Balaban J connectivity index is 0.793. The number of aliphatic carboxylic acids is 1. The smallest absolute Gasteiger partial charge is 0.407 e. The zero-order valence-corrected chi connectivity index (χ0v) is 31.0. The summed E-state index contributed by atoms with van der Waals surface area (Å²) in [5.74, 6) is -1.80. The Morgan fingerprint density at radius 2 is 1.33 bits per heavy atom. The summed E-state index contributed by atoms with van der Waals surface area (Å²) in [7, 11) is 0. The molecule has 0 saturated carbocycles. The first kappa shape index (κ1) is 36.9. The third-order valence-corrected chi connectivity index (χ3v) is 10.3. The van der Waals surface area contributed by atoms with Crippen molar-refractivity contribution in [3.05, 3.63) is 120 Å². The van der Waals surface area contributed by atoms with Crippen LogP contribution in [-0.2, 0) is 14.3 Å². The molecule has 3 N–H and O–H groups in total. The number of rotatable bonds is 14. The van der Waals surface area contributed by atoms with Crippen molar-refractivity contribution in [1.82, 2.24) is 35.5 Å². The second-order valence-electron chi connectivity index (χ2n) is 14.0. The van der Waals surface area contributed by atoms with E-state index in [4.69, 9.17) is 14.7 Å². The number of amides is 3. The van der Waals surface area contributed by atoms with E-state index in [9.17, 15) is 24.3 Å². The van der Waals surface area contributed by atoms with Crippen LogP contribution in [0, 0.1) is 0 Å². The van der Waals surface area contributed by atoms with E-state index >= 15 is 0 Å². The number of carboxylic acid groups (broad SMARTS) is 1. The number of carbonyl (C=O) groups is 4. The molecule has 4 aromatic carbocycles. The first-order valence-corrected chi connectivity index (χ1v) is 19.0. The quantitative estimate of drug-likeness (QED) is 0.0620. The van der Waals surface area contributed by atoms with Gasteiger partial charge in [0.2, 0.25) is 5.91 Å². The molecule has 0 fully saturated rings. The van der Waals surface area contributed by atoms with E-state index in [-0.39, 0.29) is 43.8 Å². The van der Waals surface area contributed by atoms with Gasteiger partial charge in [0.25, 0.3) is 5.91 Å². The van der Waals surface area contributed by atoms with Crippen LogP contribution < -0.4 is 10.6 Å². The van der Waals surface area contributed by atoms with E-state index in [0.717, 1.165) is 49.6 Å². The predicted octanol–water partition coefficient (Wildman–Crippen LogP) is 6.62. The van der Waals surface area contributed by atoms with Crippen LogP contribution in [0.25, 0.3) is 55.0 Å². The highest BCUT2D eigenvalue weighted by Crippen LogP contribution is 2.44. The molecular formula is C44H39N7O6. The van der Waals surface area contributed by atoms with E-state index in [1.165, 1.54) is 4.90 Å². The molecule has 1 aliphatic carbocycles. The molecule has 0 unspecified atom stereocenters. The molecule has 13 heteroatoms. The van der Waals surface area contributed by atoms with Crippen LogP contribution in [0.15, 0.2) is 103 Å². The molecule has 3 amide bonds. The highest BCUT2D eigenvalue weighted by molar-refractivity contribution is 6.21. The molecule has 0 spiro atoms. The van der Waals surface area contributed by atoms with Gasteiger partial charge in [-0.3, -0.25) is 24.4 Å². The first-order chi connectivity index (χ1) is 27.9. The summed E-state index contributed by atoms with van der Waals surface area (Å²) in [6.45, 7) is 0.137. The Kier molecular flexibility index (Phi) is 10.6. The van der Waals surface area contributed by atoms with Gasteiger partial charge in [-0.25, -0.2) is 14.8 Å². The van der Waals surface area contributed by atoms with Gasteiger partial charge in [0.05, 0.1) is 33.1 Å². The van der Waals surface area contributed by atoms with Crippen LogP contribution in [0.2, 0.25) is 0 Å². The minimum Gasteiger partial charge on any atom is -0.480 e. The van der Waals surface area contributed by atoms with Gasteiger partial charge in [0.15, 0.2) is 0 Å². The number of hydrogen-bond donors (Lipinski definition) is 3. The average Bonchev–Trinajstić information content (AvgIpc) is 3.56. The normalized spacial score (nSPS) is 12.1. The van der Waals surface area contributed by atoms with Crippen molar-refractivity contribution in [3.8, 4) is 11.1 Å². The number of alkyl carbamates (subject to hydrolysis) is 1. The van der Waals surface area contributed by atoms with Crippen LogP contribution in [0.4, 0.5) is 4.79 Å². The van der Waals surface area contributed by atoms with Gasteiger partial charge in [-0.1, -0.05) is 55.0 Å². The highest BCUT2D eigenvalue weighted by atomic mass is 16.5. The molecule has 7 aromatic rings. The molecular weight excluding hydrogens is 723 g/mol. The minimum absolute atomic E-state index is 0.0260. The molecule has 0 radical (unpaired) electrons. The Bertz CT molecular complexity index is 2640. The topological polar surface area (TPSA) is 177 Å². The van der Waals surface area contributed by atoms with Gasteiger partial charge in [0.1, 0.15) is 13.2 Å². The Morgan fingerprint density at radius 1 is 0.684 bits per heavy atom. The minimum atomic E-state index is -1.14. The summed E-state index contributed by atoms with van der Waals surface area (Å²) in [6.07, 6.45) is 4.74. The number of carboxylic acids is 1. The highest BCUT2D eigenvalue weighted by Gasteiger charge is 2.29. The molecule has 0 aliphatic heterocycles. The number of nitrogens with one attached hydrogen (secondary N) is 2. The van der Waals surface area contributed by atoms with Gasteiger partial charge >= 0.3 is 12.1 Å². The van der Waals surface area contributed by atoms with Crippen molar-refractivity contribution in [3.63, 3.8) is 0 Å². The summed E-state index contributed by atoms with van der Waals surface area (Å²) in [6, 6.07) is 28.9. The van der Waals surface area contributed by atoms with Gasteiger partial charge in [-0.2, -0.15) is 0 Å². The van der Waals surface area contributed by atoms with Crippen molar-refractivity contribution in [1.29, 1.82) is 0 Å². The lowest BCUT2D eigenvalue weighted by Crippen LogP contribution is -2.41. The lowest BCUT2D eigenvalue weighted by atomic mass is 9.98. The van der Waals surface area contributed by atoms with Crippen molar-refractivity contribution >= 4 is 67.7 Å². The summed E-state index contributed by atoms with van der Waals surface area (Å²) >= 11 is 0. The fraction of sp³-hybridized carbons (Fsp3) is 0.227. The number of aromatic nitrogens is 4. The Morgan fingerprint density at radius 3 is 2.00 bits per heavy atom. The number of unbranched alkanes of at least 4 members (excludes halogenated alkanes) is 2. The maximum Gasteiger partial charge on any atom is 0.407 e. The number of nitrogens with zero attached hydrogens (tertiary/aromatic N) is 5. The van der Waals surface area contributed by atoms with Crippen molar-refractivity contribution in [2.75, 3.05) is 32.8 Å². The summed E-state index contributed by atoms with van der Waals surface area (Å²) in [5, 5.41) is 16.7. The monoisotopic (exact) mass is 761 g/mol. The zero-order valence-electron chi connectivity index (χ0n) is 31.0. The summed E-state index contributed by atoms with van der Waals surface area (Å²) < 4.78 is 5.56. The van der Waals surface area contributed by atoms with E-state index in [1.807, 2.05) is 60.7 Å². The maximum absolute atomic E-state index is 13.1. The summed E-state index contributed by atoms with van der Waals surface area (Å²) in [5.41, 5.74) is 9.04. The lowest BCUT2D eigenvalue weighted by molar-refractivity contribution is -0.144. The second-order valence-corrected chi connectivity index (χ2v) is 14.0. The SMILES string of the molecule is O=C(O)CN(CCNC(=O)OCC1c2ccccc2-c2ccccc21)C(=O)CCCCCNC(=O)c1ccc2nc3c4cccnc4c4ncccc4c3nc2c1. The lowest BCUT2D eigenvalue weighted by Gasteiger charge is -2.21. The molecule has 1 aliphatic rings. The number of ether oxygens (including phenoxy) is 1. The molecule has 286 valence electrons. The molecule has 13 nitrogen and oxygen atoms in total. The largest absolute Gasteiger partial charge is 0.480 e.